The topological polar surface area (TPSA) is 75.2 Å². The van der Waals surface area contributed by atoms with Crippen LogP contribution in [0.5, 0.6) is 0 Å². The fourth-order valence-electron chi connectivity index (χ4n) is 3.46. The van der Waals surface area contributed by atoms with Gasteiger partial charge in [-0.25, -0.2) is 4.39 Å². The molecule has 4 rings (SSSR count). The second kappa shape index (κ2) is 10.3. The Labute approximate surface area is 190 Å². The van der Waals surface area contributed by atoms with Gasteiger partial charge in [-0.05, 0) is 35.9 Å². The lowest BCUT2D eigenvalue weighted by molar-refractivity contribution is -0.122. The summed E-state index contributed by atoms with van der Waals surface area (Å²) in [5, 5.41) is 2.87. The van der Waals surface area contributed by atoms with Crippen molar-refractivity contribution in [2.75, 3.05) is 4.90 Å². The minimum absolute atomic E-state index is 0.0307. The predicted molar refractivity (Wildman–Crippen MR) is 123 cm³/mol. The van der Waals surface area contributed by atoms with Gasteiger partial charge in [-0.2, -0.15) is 0 Å². The number of rotatable bonds is 7. The molecule has 2 aromatic carbocycles. The predicted octanol–water partition coefficient (Wildman–Crippen LogP) is 4.32. The van der Waals surface area contributed by atoms with Gasteiger partial charge in [0.05, 0.1) is 5.69 Å². The van der Waals surface area contributed by atoms with E-state index in [4.69, 9.17) is 0 Å². The molecular weight excluding hydrogens is 419 g/mol. The summed E-state index contributed by atoms with van der Waals surface area (Å²) >= 11 is 0. The molecular formula is C26H21FN4O2. The van der Waals surface area contributed by atoms with E-state index in [1.807, 2.05) is 30.3 Å². The number of carbonyl (C=O) groups is 2. The van der Waals surface area contributed by atoms with E-state index < -0.39 is 23.7 Å². The zero-order valence-corrected chi connectivity index (χ0v) is 17.6. The van der Waals surface area contributed by atoms with Crippen molar-refractivity contribution in [2.24, 2.45) is 0 Å². The average molecular weight is 440 g/mol. The second-order valence-electron chi connectivity index (χ2n) is 7.23. The average Bonchev–Trinajstić information content (AvgIpc) is 2.88. The highest BCUT2D eigenvalue weighted by molar-refractivity contribution is 6.09. The van der Waals surface area contributed by atoms with E-state index in [1.165, 1.54) is 36.7 Å². The van der Waals surface area contributed by atoms with Crippen molar-refractivity contribution in [3.63, 3.8) is 0 Å². The third kappa shape index (κ3) is 5.10. The summed E-state index contributed by atoms with van der Waals surface area (Å²) in [5.41, 5.74) is 1.39. The van der Waals surface area contributed by atoms with E-state index in [2.05, 4.69) is 15.3 Å². The maximum Gasteiger partial charge on any atom is 0.277 e. The molecule has 0 aliphatic carbocycles. The summed E-state index contributed by atoms with van der Waals surface area (Å²) in [4.78, 5) is 36.5. The third-order valence-corrected chi connectivity index (χ3v) is 5.03. The van der Waals surface area contributed by atoms with Gasteiger partial charge in [-0.3, -0.25) is 24.5 Å². The number of aromatic nitrogens is 2. The zero-order chi connectivity index (χ0) is 23.0. The largest absolute Gasteiger partial charge is 0.350 e. The first-order valence-corrected chi connectivity index (χ1v) is 10.4. The highest BCUT2D eigenvalue weighted by Gasteiger charge is 2.35. The van der Waals surface area contributed by atoms with E-state index in [0.29, 0.717) is 5.56 Å². The van der Waals surface area contributed by atoms with Gasteiger partial charge in [0.1, 0.15) is 17.6 Å². The fraction of sp³-hybridized carbons (Fsp3) is 0.0769. The van der Waals surface area contributed by atoms with Gasteiger partial charge in [0.25, 0.3) is 5.91 Å². The molecule has 2 amide bonds. The maximum atomic E-state index is 14.9. The highest BCUT2D eigenvalue weighted by atomic mass is 19.1. The van der Waals surface area contributed by atoms with Crippen molar-refractivity contribution in [1.29, 1.82) is 0 Å². The summed E-state index contributed by atoms with van der Waals surface area (Å²) in [5.74, 6) is -1.71. The molecule has 1 atom stereocenters. The van der Waals surface area contributed by atoms with Crippen LogP contribution in [-0.4, -0.2) is 21.8 Å². The van der Waals surface area contributed by atoms with Gasteiger partial charge in [0.15, 0.2) is 0 Å². The molecule has 33 heavy (non-hydrogen) atoms. The smallest absolute Gasteiger partial charge is 0.277 e. The van der Waals surface area contributed by atoms with E-state index in [0.717, 1.165) is 10.5 Å². The van der Waals surface area contributed by atoms with E-state index in [-0.39, 0.29) is 17.9 Å². The first-order valence-electron chi connectivity index (χ1n) is 10.4. The molecule has 0 aliphatic rings. The molecule has 6 nitrogen and oxygen atoms in total. The van der Waals surface area contributed by atoms with Crippen LogP contribution in [0.3, 0.4) is 0 Å². The number of benzene rings is 2. The quantitative estimate of drug-likeness (QED) is 0.464. The second-order valence-corrected chi connectivity index (χ2v) is 7.23. The molecule has 7 heteroatoms. The third-order valence-electron chi connectivity index (χ3n) is 5.03. The molecule has 0 saturated heterocycles. The summed E-state index contributed by atoms with van der Waals surface area (Å²) in [6.07, 6.45) is 4.53. The molecule has 2 heterocycles. The van der Waals surface area contributed by atoms with Gasteiger partial charge in [-0.15, -0.1) is 0 Å². The van der Waals surface area contributed by atoms with Crippen molar-refractivity contribution in [3.05, 3.63) is 126 Å². The molecule has 2 aromatic heterocycles. The summed E-state index contributed by atoms with van der Waals surface area (Å²) in [6.45, 7) is 0.249. The number of anilines is 1. The summed E-state index contributed by atoms with van der Waals surface area (Å²) < 4.78 is 14.9. The Morgan fingerprint density at radius 2 is 1.64 bits per heavy atom. The summed E-state index contributed by atoms with van der Waals surface area (Å²) in [6, 6.07) is 22.3. The molecule has 4 aromatic rings. The van der Waals surface area contributed by atoms with Gasteiger partial charge in [-0.1, -0.05) is 54.6 Å². The molecule has 0 bridgehead atoms. The normalized spacial score (nSPS) is 11.4. The standard InChI is InChI=1S/C26H21FN4O2/c27-21-12-4-5-14-23(21)31(26(33)22-13-6-7-16-29-22)24(20-11-8-15-28-18-20)25(32)30-17-19-9-2-1-3-10-19/h1-16,18,24H,17H2,(H,30,32)/t24-/m1/s1. The van der Waals surface area contributed by atoms with Crippen LogP contribution in [0.15, 0.2) is 104 Å². The van der Waals surface area contributed by atoms with Crippen LogP contribution in [0.2, 0.25) is 0 Å². The van der Waals surface area contributed by atoms with Crippen LogP contribution in [0.4, 0.5) is 10.1 Å². The zero-order valence-electron chi connectivity index (χ0n) is 17.6. The highest BCUT2D eigenvalue weighted by Crippen LogP contribution is 2.31. The van der Waals surface area contributed by atoms with Crippen LogP contribution in [0.1, 0.15) is 27.7 Å². The number of halogens is 1. The Bertz CT molecular complexity index is 1220. The minimum atomic E-state index is -1.17. The van der Waals surface area contributed by atoms with Crippen molar-refractivity contribution in [1.82, 2.24) is 15.3 Å². The van der Waals surface area contributed by atoms with Crippen LogP contribution in [0.25, 0.3) is 0 Å². The van der Waals surface area contributed by atoms with E-state index >= 15 is 0 Å². The number of pyridine rings is 2. The minimum Gasteiger partial charge on any atom is -0.350 e. The van der Waals surface area contributed by atoms with Crippen LogP contribution >= 0.6 is 0 Å². The Morgan fingerprint density at radius 3 is 2.33 bits per heavy atom. The van der Waals surface area contributed by atoms with Gasteiger partial charge < -0.3 is 5.32 Å². The van der Waals surface area contributed by atoms with Crippen LogP contribution in [-0.2, 0) is 11.3 Å². The molecule has 0 unspecified atom stereocenters. The van der Waals surface area contributed by atoms with Crippen LogP contribution in [0, 0.1) is 5.82 Å². The maximum absolute atomic E-state index is 14.9. The van der Waals surface area contributed by atoms with Crippen LogP contribution < -0.4 is 10.2 Å². The molecule has 1 N–H and O–H groups in total. The van der Waals surface area contributed by atoms with Gasteiger partial charge >= 0.3 is 0 Å². The van der Waals surface area contributed by atoms with Gasteiger partial charge in [0, 0.05) is 30.7 Å². The monoisotopic (exact) mass is 440 g/mol. The number of hydrogen-bond acceptors (Lipinski definition) is 4. The molecule has 0 spiro atoms. The molecule has 0 radical (unpaired) electrons. The lowest BCUT2D eigenvalue weighted by Crippen LogP contribution is -2.44. The molecule has 0 saturated carbocycles. The Balaban J connectivity index is 1.78. The number of nitrogens with one attached hydrogen (secondary N) is 1. The summed E-state index contributed by atoms with van der Waals surface area (Å²) in [7, 11) is 0. The van der Waals surface area contributed by atoms with E-state index in [1.54, 1.807) is 36.5 Å². The SMILES string of the molecule is O=C(NCc1ccccc1)[C@@H](c1cccnc1)N(C(=O)c1ccccn1)c1ccccc1F. The number of amides is 2. The number of para-hydroxylation sites is 1. The lowest BCUT2D eigenvalue weighted by atomic mass is 10.0. The van der Waals surface area contributed by atoms with Crippen molar-refractivity contribution in [3.8, 4) is 0 Å². The Hall–Kier alpha value is -4.39. The Morgan fingerprint density at radius 1 is 0.879 bits per heavy atom. The molecule has 0 aliphatic heterocycles. The Kier molecular flexibility index (Phi) is 6.80. The fourth-order valence-corrected chi connectivity index (χ4v) is 3.46. The van der Waals surface area contributed by atoms with E-state index in [9.17, 15) is 14.0 Å². The van der Waals surface area contributed by atoms with Crippen molar-refractivity contribution >= 4 is 17.5 Å². The van der Waals surface area contributed by atoms with Crippen molar-refractivity contribution in [2.45, 2.75) is 12.6 Å². The number of carbonyl (C=O) groups excluding carboxylic acids is 2. The molecule has 0 fully saturated rings. The van der Waals surface area contributed by atoms with Gasteiger partial charge in [0.2, 0.25) is 5.91 Å². The first kappa shape index (κ1) is 21.8. The lowest BCUT2D eigenvalue weighted by Gasteiger charge is -2.31. The molecule has 164 valence electrons. The van der Waals surface area contributed by atoms with Crippen molar-refractivity contribution < 1.29 is 14.0 Å². The number of hydrogen-bond donors (Lipinski definition) is 1. The first-order chi connectivity index (χ1) is 16.1. The number of nitrogens with zero attached hydrogens (tertiary/aromatic N) is 3.